The Morgan fingerprint density at radius 1 is 0.750 bits per heavy atom. The second kappa shape index (κ2) is 22.1. The maximum absolute atomic E-state index is 2.64. The molecule has 1 saturated carbocycles. The van der Waals surface area contributed by atoms with Gasteiger partial charge < -0.3 is 0 Å². The summed E-state index contributed by atoms with van der Waals surface area (Å²) in [6, 6.07) is 16.2. The van der Waals surface area contributed by atoms with Crippen LogP contribution in [0.25, 0.3) is 49.0 Å². The SMILES string of the molecule is C/C=C\c1c(CC)sc2c1CC(CC)C=C2c1cccc2c3c(sc12)C(C1=c2sc4ccccc4c2=CCC=C1)=CC1CC31.CC.CC.CC.CC.CCCC. The molecule has 3 aromatic heterocycles. The van der Waals surface area contributed by atoms with Crippen LogP contribution in [0.15, 0.2) is 72.8 Å². The molecule has 0 saturated heterocycles. The molecule has 1 fully saturated rings. The molecular weight excluding hydrogens is 733 g/mol. The highest BCUT2D eigenvalue weighted by atomic mass is 32.1. The van der Waals surface area contributed by atoms with Gasteiger partial charge in [-0.15, -0.1) is 34.0 Å². The second-order valence-electron chi connectivity index (χ2n) is 13.8. The summed E-state index contributed by atoms with van der Waals surface area (Å²) in [4.78, 5) is 4.58. The molecule has 3 heterocycles. The van der Waals surface area contributed by atoms with E-state index in [0.717, 1.165) is 19.3 Å². The molecule has 0 bridgehead atoms. The third-order valence-electron chi connectivity index (χ3n) is 10.7. The summed E-state index contributed by atoms with van der Waals surface area (Å²) in [5, 5.41) is 4.34. The van der Waals surface area contributed by atoms with Crippen molar-refractivity contribution in [3.63, 3.8) is 0 Å². The molecule has 5 aromatic rings. The average molecular weight is 803 g/mol. The minimum atomic E-state index is 0.586. The van der Waals surface area contributed by atoms with Gasteiger partial charge in [0.1, 0.15) is 0 Å². The summed E-state index contributed by atoms with van der Waals surface area (Å²) in [6.45, 7) is 27.2. The van der Waals surface area contributed by atoms with Gasteiger partial charge in [0.15, 0.2) is 0 Å². The first kappa shape index (κ1) is 45.5. The van der Waals surface area contributed by atoms with Crippen LogP contribution in [0, 0.1) is 11.8 Å². The molecule has 0 aliphatic heterocycles. The van der Waals surface area contributed by atoms with Crippen LogP contribution < -0.4 is 9.75 Å². The van der Waals surface area contributed by atoms with Gasteiger partial charge in [-0.3, -0.25) is 0 Å². The maximum atomic E-state index is 2.64. The molecule has 0 N–H and O–H groups in total. The van der Waals surface area contributed by atoms with E-state index in [9.17, 15) is 0 Å². The molecular formula is C53H70S3. The summed E-state index contributed by atoms with van der Waals surface area (Å²) in [6.07, 6.45) is 25.5. The van der Waals surface area contributed by atoms with E-state index < -0.39 is 0 Å². The molecule has 3 heteroatoms. The van der Waals surface area contributed by atoms with E-state index >= 15 is 0 Å². The van der Waals surface area contributed by atoms with Crippen LogP contribution in [0.5, 0.6) is 0 Å². The van der Waals surface area contributed by atoms with Crippen molar-refractivity contribution in [2.75, 3.05) is 0 Å². The Balaban J connectivity index is 0.000000527. The van der Waals surface area contributed by atoms with E-state index in [4.69, 9.17) is 0 Å². The average Bonchev–Trinajstić information content (AvgIpc) is 3.71. The van der Waals surface area contributed by atoms with Crippen LogP contribution in [0.1, 0.15) is 165 Å². The van der Waals surface area contributed by atoms with Crippen molar-refractivity contribution in [2.24, 2.45) is 11.8 Å². The van der Waals surface area contributed by atoms with Crippen molar-refractivity contribution in [2.45, 2.75) is 141 Å². The Kier molecular flexibility index (Phi) is 17.9. The second-order valence-corrected chi connectivity index (χ2v) is 16.9. The standard InChI is InChI=1S/C41H36S3.C4H10.4C2H6/c1-4-12-25-32-19-23(5-2)20-33(40(32)42-35(25)6-3)29-16-11-17-30-37-31-21-24(31)22-34(41(37)44-39(29)30)28-15-8-7-14-27-26-13-9-10-18-36(26)43-38(27)28;1-3-4-2;4*1-2/h4,8-18,20,22-24,31H,5-7,19,21H2,1-3H3;3-4H2,1-2H3;4*1-2H3/b12-4-;;;;;. The first-order valence-electron chi connectivity index (χ1n) is 22.3. The van der Waals surface area contributed by atoms with Gasteiger partial charge in [-0.05, 0) is 101 Å². The summed E-state index contributed by atoms with van der Waals surface area (Å²) >= 11 is 6.09. The molecule has 2 aromatic carbocycles. The van der Waals surface area contributed by atoms with Crippen LogP contribution in [-0.2, 0) is 12.8 Å². The molecule has 0 spiro atoms. The van der Waals surface area contributed by atoms with E-state index in [1.807, 2.05) is 78.1 Å². The number of fused-ring (bicyclic) bond motifs is 9. The highest BCUT2D eigenvalue weighted by molar-refractivity contribution is 7.21. The zero-order valence-electron chi connectivity index (χ0n) is 37.0. The lowest BCUT2D eigenvalue weighted by atomic mass is 9.83. The van der Waals surface area contributed by atoms with Crippen molar-refractivity contribution in [3.8, 4) is 0 Å². The maximum Gasteiger partial charge on any atom is 0.0431 e. The number of allylic oxidation sites excluding steroid dienone is 6. The predicted octanol–water partition coefficient (Wildman–Crippen LogP) is 16.8. The first-order valence-corrected chi connectivity index (χ1v) is 24.7. The highest BCUT2D eigenvalue weighted by Crippen LogP contribution is 2.61. The number of unbranched alkanes of at least 4 members (excludes halogenated alkanes) is 1. The summed E-state index contributed by atoms with van der Waals surface area (Å²) in [5.74, 6) is 1.93. The van der Waals surface area contributed by atoms with Crippen molar-refractivity contribution in [3.05, 3.63) is 119 Å². The fraction of sp³-hybridized carbons (Fsp3) is 0.434. The molecule has 4 aliphatic carbocycles. The zero-order chi connectivity index (χ0) is 40.9. The summed E-state index contributed by atoms with van der Waals surface area (Å²) in [7, 11) is 0. The number of benzene rings is 2. The predicted molar refractivity (Wildman–Crippen MR) is 262 cm³/mol. The van der Waals surface area contributed by atoms with E-state index in [0.29, 0.717) is 17.8 Å². The van der Waals surface area contributed by atoms with E-state index in [1.54, 1.807) is 11.1 Å². The smallest absolute Gasteiger partial charge is 0.0431 e. The number of hydrogen-bond donors (Lipinski definition) is 0. The molecule has 3 atom stereocenters. The minimum absolute atomic E-state index is 0.586. The fourth-order valence-corrected chi connectivity index (χ4v) is 11.9. The van der Waals surface area contributed by atoms with Crippen molar-refractivity contribution >= 4 is 83.1 Å². The molecule has 4 aliphatic rings. The lowest BCUT2D eigenvalue weighted by Crippen LogP contribution is -2.21. The molecule has 0 radical (unpaired) electrons. The third kappa shape index (κ3) is 8.91. The van der Waals surface area contributed by atoms with Crippen molar-refractivity contribution in [1.29, 1.82) is 0 Å². The van der Waals surface area contributed by atoms with Gasteiger partial charge in [0.2, 0.25) is 0 Å². The highest BCUT2D eigenvalue weighted by Gasteiger charge is 2.44. The first-order chi connectivity index (χ1) is 27.6. The van der Waals surface area contributed by atoms with Gasteiger partial charge in [0.25, 0.3) is 0 Å². The van der Waals surface area contributed by atoms with E-state index in [1.165, 1.54) is 98.1 Å². The molecule has 56 heavy (non-hydrogen) atoms. The normalized spacial score (nSPS) is 18.2. The van der Waals surface area contributed by atoms with Crippen LogP contribution in [-0.4, -0.2) is 0 Å². The number of thiophene rings is 3. The lowest BCUT2D eigenvalue weighted by molar-refractivity contribution is 0.619. The van der Waals surface area contributed by atoms with Gasteiger partial charge in [0, 0.05) is 45.1 Å². The Morgan fingerprint density at radius 2 is 1.46 bits per heavy atom. The molecule has 3 unspecified atom stereocenters. The van der Waals surface area contributed by atoms with E-state index in [-0.39, 0.29) is 0 Å². The number of hydrogen-bond acceptors (Lipinski definition) is 3. The molecule has 300 valence electrons. The number of aryl methyl sites for hydroxylation is 1. The lowest BCUT2D eigenvalue weighted by Gasteiger charge is -2.22. The van der Waals surface area contributed by atoms with E-state index in [2.05, 4.69) is 131 Å². The zero-order valence-corrected chi connectivity index (χ0v) is 39.4. The monoisotopic (exact) mass is 802 g/mol. The van der Waals surface area contributed by atoms with Crippen LogP contribution in [0.2, 0.25) is 0 Å². The number of rotatable bonds is 6. The van der Waals surface area contributed by atoms with Crippen LogP contribution >= 0.6 is 34.0 Å². The Labute approximate surface area is 353 Å². The van der Waals surface area contributed by atoms with Crippen LogP contribution in [0.3, 0.4) is 0 Å². The van der Waals surface area contributed by atoms with Crippen LogP contribution in [0.4, 0.5) is 0 Å². The summed E-state index contributed by atoms with van der Waals surface area (Å²) < 4.78 is 4.33. The Hall–Kier alpha value is -3.24. The Morgan fingerprint density at radius 3 is 2.14 bits per heavy atom. The third-order valence-corrected chi connectivity index (χ3v) is 14.6. The van der Waals surface area contributed by atoms with Crippen molar-refractivity contribution < 1.29 is 0 Å². The molecule has 0 nitrogen and oxygen atoms in total. The fourth-order valence-electron chi connectivity index (χ4n) is 7.96. The van der Waals surface area contributed by atoms with Gasteiger partial charge in [0.05, 0.1) is 0 Å². The summed E-state index contributed by atoms with van der Waals surface area (Å²) in [5.41, 5.74) is 10.6. The minimum Gasteiger partial charge on any atom is -0.139 e. The van der Waals surface area contributed by atoms with Gasteiger partial charge >= 0.3 is 0 Å². The van der Waals surface area contributed by atoms with Gasteiger partial charge in [-0.25, -0.2) is 0 Å². The topological polar surface area (TPSA) is 0 Å². The quantitative estimate of drug-likeness (QED) is 0.160. The molecule has 9 rings (SSSR count). The Bertz CT molecular complexity index is 2290. The van der Waals surface area contributed by atoms with Gasteiger partial charge in [-0.2, -0.15) is 0 Å². The van der Waals surface area contributed by atoms with Gasteiger partial charge in [-0.1, -0.05) is 175 Å². The molecule has 0 amide bonds. The largest absolute Gasteiger partial charge is 0.139 e. The van der Waals surface area contributed by atoms with Crippen molar-refractivity contribution in [1.82, 2.24) is 0 Å².